The third-order valence-electron chi connectivity index (χ3n) is 4.57. The molecule has 0 saturated heterocycles. The third-order valence-corrected chi connectivity index (χ3v) is 7.34. The topological polar surface area (TPSA) is 87.0 Å². The highest BCUT2D eigenvalue weighted by atomic mass is 32.2. The molecule has 3 rings (SSSR count). The molecule has 0 N–H and O–H groups in total. The number of thiazole rings is 1. The molecule has 0 fully saturated rings. The number of sulfone groups is 1. The summed E-state index contributed by atoms with van der Waals surface area (Å²) in [5.74, 6) is 0.195. The highest BCUT2D eigenvalue weighted by Gasteiger charge is 2.15. The maximum Gasteiger partial charge on any atom is 0.279 e. The quantitative estimate of drug-likeness (QED) is 0.494. The van der Waals surface area contributed by atoms with Crippen molar-refractivity contribution < 1.29 is 22.7 Å². The number of amides is 1. The Morgan fingerprint density at radius 2 is 1.97 bits per heavy atom. The summed E-state index contributed by atoms with van der Waals surface area (Å²) in [6, 6.07) is 11.7. The van der Waals surface area contributed by atoms with Crippen LogP contribution in [-0.4, -0.2) is 45.0 Å². The van der Waals surface area contributed by atoms with Crippen LogP contribution < -0.4 is 9.54 Å². The molecular formula is C21H24N2O5S2. The van der Waals surface area contributed by atoms with Crippen molar-refractivity contribution in [2.24, 2.45) is 4.99 Å². The molecule has 0 bridgehead atoms. The van der Waals surface area contributed by atoms with Crippen molar-refractivity contribution in [2.45, 2.75) is 25.3 Å². The fourth-order valence-corrected chi connectivity index (χ4v) is 4.93. The number of ether oxygens (including phenoxy) is 2. The van der Waals surface area contributed by atoms with Crippen LogP contribution >= 0.6 is 11.3 Å². The van der Waals surface area contributed by atoms with Gasteiger partial charge in [0.15, 0.2) is 14.6 Å². The van der Waals surface area contributed by atoms with Crippen molar-refractivity contribution in [3.05, 3.63) is 52.8 Å². The lowest BCUT2D eigenvalue weighted by molar-refractivity contribution is 0.0996. The van der Waals surface area contributed by atoms with Gasteiger partial charge in [-0.2, -0.15) is 4.99 Å². The van der Waals surface area contributed by atoms with Gasteiger partial charge in [0, 0.05) is 18.7 Å². The van der Waals surface area contributed by atoms with Crippen molar-refractivity contribution in [1.29, 1.82) is 0 Å². The Hall–Kier alpha value is -2.49. The average molecular weight is 449 g/mol. The van der Waals surface area contributed by atoms with Crippen LogP contribution in [0.25, 0.3) is 10.2 Å². The fourth-order valence-electron chi connectivity index (χ4n) is 2.92. The largest absolute Gasteiger partial charge is 0.497 e. The molecule has 2 aromatic carbocycles. The van der Waals surface area contributed by atoms with Gasteiger partial charge in [0.05, 0.1) is 34.6 Å². The predicted molar refractivity (Wildman–Crippen MR) is 117 cm³/mol. The zero-order chi connectivity index (χ0) is 21.7. The van der Waals surface area contributed by atoms with Gasteiger partial charge in [0.25, 0.3) is 5.91 Å². The van der Waals surface area contributed by atoms with E-state index in [0.717, 1.165) is 16.0 Å². The summed E-state index contributed by atoms with van der Waals surface area (Å²) in [5.41, 5.74) is 1.16. The number of hydrogen-bond donors (Lipinski definition) is 0. The molecule has 1 heterocycles. The van der Waals surface area contributed by atoms with Crippen LogP contribution in [-0.2, 0) is 21.1 Å². The van der Waals surface area contributed by atoms with E-state index in [1.807, 2.05) is 29.7 Å². The zero-order valence-electron chi connectivity index (χ0n) is 17.1. The van der Waals surface area contributed by atoms with Crippen molar-refractivity contribution in [2.75, 3.05) is 26.1 Å². The lowest BCUT2D eigenvalue weighted by atomic mass is 10.2. The van der Waals surface area contributed by atoms with E-state index >= 15 is 0 Å². The minimum atomic E-state index is -3.41. The van der Waals surface area contributed by atoms with Crippen LogP contribution in [0.5, 0.6) is 5.75 Å². The number of methoxy groups -OCH3 is 1. The number of nitrogens with zero attached hydrogens (tertiary/aromatic N) is 2. The summed E-state index contributed by atoms with van der Waals surface area (Å²) in [7, 11) is -1.80. The van der Waals surface area contributed by atoms with Gasteiger partial charge < -0.3 is 14.0 Å². The Bertz CT molecular complexity index is 1230. The van der Waals surface area contributed by atoms with Gasteiger partial charge >= 0.3 is 0 Å². The number of benzene rings is 2. The summed E-state index contributed by atoms with van der Waals surface area (Å²) < 4.78 is 37.9. The van der Waals surface area contributed by atoms with Crippen LogP contribution in [0.2, 0.25) is 0 Å². The first kappa shape index (κ1) is 22.2. The van der Waals surface area contributed by atoms with Gasteiger partial charge in [0.1, 0.15) is 5.75 Å². The van der Waals surface area contributed by atoms with Gasteiger partial charge in [-0.15, -0.1) is 0 Å². The molecule has 0 saturated carbocycles. The van der Waals surface area contributed by atoms with E-state index in [9.17, 15) is 13.2 Å². The molecule has 0 aliphatic heterocycles. The third kappa shape index (κ3) is 4.80. The Labute approximate surface area is 179 Å². The van der Waals surface area contributed by atoms with E-state index in [4.69, 9.17) is 9.47 Å². The van der Waals surface area contributed by atoms with Crippen LogP contribution in [0.4, 0.5) is 0 Å². The molecule has 0 aliphatic rings. The SMILES string of the molecule is CCOCCn1c(=NC(=O)c2cccc(S(=O)(=O)CC)c2)sc2cc(OC)ccc21. The summed E-state index contributed by atoms with van der Waals surface area (Å²) >= 11 is 1.37. The average Bonchev–Trinajstić information content (AvgIpc) is 3.10. The lowest BCUT2D eigenvalue weighted by Crippen LogP contribution is -2.19. The molecule has 160 valence electrons. The monoisotopic (exact) mass is 448 g/mol. The van der Waals surface area contributed by atoms with Crippen molar-refractivity contribution in [3.63, 3.8) is 0 Å². The molecule has 0 spiro atoms. The molecule has 0 aliphatic carbocycles. The maximum atomic E-state index is 12.8. The van der Waals surface area contributed by atoms with E-state index < -0.39 is 15.7 Å². The zero-order valence-corrected chi connectivity index (χ0v) is 18.8. The second-order valence-electron chi connectivity index (χ2n) is 6.42. The van der Waals surface area contributed by atoms with Crippen molar-refractivity contribution in [3.8, 4) is 5.75 Å². The first-order valence-corrected chi connectivity index (χ1v) is 12.0. The summed E-state index contributed by atoms with van der Waals surface area (Å²) in [5, 5.41) is 0. The molecule has 1 aromatic heterocycles. The molecule has 30 heavy (non-hydrogen) atoms. The van der Waals surface area contributed by atoms with Gasteiger partial charge in [-0.25, -0.2) is 8.42 Å². The normalized spacial score (nSPS) is 12.4. The van der Waals surface area contributed by atoms with E-state index in [1.165, 1.54) is 23.5 Å². The molecule has 7 nitrogen and oxygen atoms in total. The second-order valence-corrected chi connectivity index (χ2v) is 9.70. The van der Waals surface area contributed by atoms with Crippen LogP contribution in [0.3, 0.4) is 0 Å². The van der Waals surface area contributed by atoms with Gasteiger partial charge in [-0.3, -0.25) is 4.79 Å². The molecule has 0 radical (unpaired) electrons. The second kappa shape index (κ2) is 9.55. The van der Waals surface area contributed by atoms with E-state index in [1.54, 1.807) is 26.2 Å². The first-order valence-electron chi connectivity index (χ1n) is 9.56. The summed E-state index contributed by atoms with van der Waals surface area (Å²) in [6.07, 6.45) is 0. The van der Waals surface area contributed by atoms with Gasteiger partial charge in [-0.05, 0) is 43.3 Å². The van der Waals surface area contributed by atoms with E-state index in [0.29, 0.717) is 24.6 Å². The molecule has 0 atom stereocenters. The van der Waals surface area contributed by atoms with Crippen LogP contribution in [0.15, 0.2) is 52.4 Å². The fraction of sp³-hybridized carbons (Fsp3) is 0.333. The van der Waals surface area contributed by atoms with Crippen LogP contribution in [0, 0.1) is 0 Å². The molecule has 1 amide bonds. The number of rotatable bonds is 8. The standard InChI is InChI=1S/C21H24N2O5S2/c1-4-28-12-11-23-18-10-9-16(27-3)14-19(18)29-21(23)22-20(24)15-7-6-8-17(13-15)30(25,26)5-2/h6-10,13-14H,4-5,11-12H2,1-3H3. The number of carbonyl (C=O) groups excluding carboxylic acids is 1. The van der Waals surface area contributed by atoms with Crippen molar-refractivity contribution in [1.82, 2.24) is 4.57 Å². The summed E-state index contributed by atoms with van der Waals surface area (Å²) in [6.45, 7) is 5.12. The molecule has 9 heteroatoms. The van der Waals surface area contributed by atoms with E-state index in [-0.39, 0.29) is 16.2 Å². The Balaban J connectivity index is 2.07. The minimum absolute atomic E-state index is 0.0304. The first-order chi connectivity index (χ1) is 14.4. The lowest BCUT2D eigenvalue weighted by Gasteiger charge is -2.06. The maximum absolute atomic E-state index is 12.8. The molecule has 3 aromatic rings. The van der Waals surface area contributed by atoms with Crippen molar-refractivity contribution >= 4 is 37.3 Å². The van der Waals surface area contributed by atoms with Gasteiger partial charge in [0.2, 0.25) is 0 Å². The van der Waals surface area contributed by atoms with Gasteiger partial charge in [-0.1, -0.05) is 24.3 Å². The highest BCUT2D eigenvalue weighted by Crippen LogP contribution is 2.23. The number of carbonyl (C=O) groups is 1. The number of aromatic nitrogens is 1. The summed E-state index contributed by atoms with van der Waals surface area (Å²) in [4.78, 5) is 17.8. The Kier molecular flexibility index (Phi) is 7.06. The minimum Gasteiger partial charge on any atom is -0.497 e. The molecular weight excluding hydrogens is 424 g/mol. The number of fused-ring (bicyclic) bond motifs is 1. The molecule has 0 unspecified atom stereocenters. The number of hydrogen-bond acceptors (Lipinski definition) is 6. The Morgan fingerprint density at radius 1 is 1.17 bits per heavy atom. The highest BCUT2D eigenvalue weighted by molar-refractivity contribution is 7.91. The predicted octanol–water partition coefficient (Wildman–Crippen LogP) is 3.28. The smallest absolute Gasteiger partial charge is 0.279 e. The van der Waals surface area contributed by atoms with Crippen LogP contribution in [0.1, 0.15) is 24.2 Å². The Morgan fingerprint density at radius 3 is 2.67 bits per heavy atom. The van der Waals surface area contributed by atoms with E-state index in [2.05, 4.69) is 4.99 Å².